The Hall–Kier alpha value is -3.53. The normalized spacial score (nSPS) is 16.8. The molecule has 0 aliphatic carbocycles. The number of hydrogen-bond donors (Lipinski definition) is 0. The average Bonchev–Trinajstić information content (AvgIpc) is 2.88. The number of likely N-dealkylation sites (tertiary alicyclic amines) is 1. The number of nitrogens with zero attached hydrogens (tertiary/aromatic N) is 4. The molecular weight excluding hydrogens is 516 g/mol. The molecule has 9 nitrogen and oxygen atoms in total. The van der Waals surface area contributed by atoms with E-state index in [1.165, 1.54) is 18.6 Å². The number of hydrogen-bond acceptors (Lipinski definition) is 8. The van der Waals surface area contributed by atoms with Crippen molar-refractivity contribution in [3.63, 3.8) is 0 Å². The maximum Gasteiger partial charge on any atom is 0.410 e. The lowest BCUT2D eigenvalue weighted by Crippen LogP contribution is -2.52. The van der Waals surface area contributed by atoms with Crippen LogP contribution in [0.15, 0.2) is 55.1 Å². The zero-order chi connectivity index (χ0) is 27.7. The maximum absolute atomic E-state index is 12.6. The highest BCUT2D eigenvalue weighted by molar-refractivity contribution is 7.89. The highest BCUT2D eigenvalue weighted by Gasteiger charge is 2.41. The van der Waals surface area contributed by atoms with E-state index in [2.05, 4.69) is 21.0 Å². The molecule has 0 N–H and O–H groups in total. The van der Waals surface area contributed by atoms with Gasteiger partial charge in [0, 0.05) is 56.3 Å². The van der Waals surface area contributed by atoms with E-state index in [1.807, 2.05) is 39.0 Å². The molecule has 4 heterocycles. The Bertz CT molecular complexity index is 1430. The number of piperidine rings is 1. The molecule has 10 heteroatoms. The molecule has 0 unspecified atom stereocenters. The third kappa shape index (κ3) is 6.73. The summed E-state index contributed by atoms with van der Waals surface area (Å²) in [5, 5.41) is 0. The van der Waals surface area contributed by atoms with E-state index in [-0.39, 0.29) is 23.2 Å². The minimum atomic E-state index is -3.40. The number of aromatic nitrogens is 3. The number of amides is 1. The van der Waals surface area contributed by atoms with E-state index in [0.29, 0.717) is 24.3 Å². The van der Waals surface area contributed by atoms with Gasteiger partial charge in [-0.25, -0.2) is 13.2 Å². The number of aryl methyl sites for hydroxylation is 1. The SMILES string of the molecule is CC(C)(C)OC(=O)N1CCC2(CCc3cc(-c4ccc(CS(=O)(=O)Cc5cnccn5)cn4)ccc3O2)CC1. The Morgan fingerprint density at radius 2 is 1.82 bits per heavy atom. The Morgan fingerprint density at radius 3 is 2.49 bits per heavy atom. The first-order chi connectivity index (χ1) is 18.5. The van der Waals surface area contributed by atoms with Crippen LogP contribution < -0.4 is 4.74 Å². The Kier molecular flexibility index (Phi) is 7.33. The van der Waals surface area contributed by atoms with Crippen molar-refractivity contribution in [2.24, 2.45) is 0 Å². The minimum Gasteiger partial charge on any atom is -0.487 e. The Balaban J connectivity index is 1.21. The molecule has 39 heavy (non-hydrogen) atoms. The van der Waals surface area contributed by atoms with Crippen molar-refractivity contribution >= 4 is 15.9 Å². The van der Waals surface area contributed by atoms with Gasteiger partial charge < -0.3 is 14.4 Å². The van der Waals surface area contributed by atoms with Crippen LogP contribution in [0.1, 0.15) is 56.9 Å². The molecule has 0 radical (unpaired) electrons. The fourth-order valence-electron chi connectivity index (χ4n) is 5.07. The van der Waals surface area contributed by atoms with Crippen molar-refractivity contribution in [1.82, 2.24) is 19.9 Å². The summed E-state index contributed by atoms with van der Waals surface area (Å²) in [6.45, 7) is 6.87. The van der Waals surface area contributed by atoms with Gasteiger partial charge in [0.05, 0.1) is 22.9 Å². The maximum atomic E-state index is 12.6. The molecule has 0 atom stereocenters. The van der Waals surface area contributed by atoms with Gasteiger partial charge in [0.25, 0.3) is 0 Å². The largest absolute Gasteiger partial charge is 0.487 e. The lowest BCUT2D eigenvalue weighted by molar-refractivity contribution is -0.0272. The summed E-state index contributed by atoms with van der Waals surface area (Å²) in [6.07, 6.45) is 9.14. The summed E-state index contributed by atoms with van der Waals surface area (Å²) in [6, 6.07) is 9.74. The lowest BCUT2D eigenvalue weighted by Gasteiger charge is -2.44. The van der Waals surface area contributed by atoms with Crippen molar-refractivity contribution in [3.8, 4) is 17.0 Å². The molecule has 1 aromatic carbocycles. The van der Waals surface area contributed by atoms with Crippen LogP contribution in [0.2, 0.25) is 0 Å². The summed E-state index contributed by atoms with van der Waals surface area (Å²) in [5.74, 6) is 0.610. The molecule has 2 aliphatic rings. The third-order valence-electron chi connectivity index (χ3n) is 7.05. The average molecular weight is 551 g/mol. The van der Waals surface area contributed by atoms with Crippen LogP contribution in [-0.2, 0) is 32.5 Å². The van der Waals surface area contributed by atoms with E-state index in [1.54, 1.807) is 17.2 Å². The molecule has 3 aromatic rings. The van der Waals surface area contributed by atoms with E-state index in [0.717, 1.165) is 48.3 Å². The molecule has 2 aromatic heterocycles. The summed E-state index contributed by atoms with van der Waals surface area (Å²) in [4.78, 5) is 26.7. The predicted octanol–water partition coefficient (Wildman–Crippen LogP) is 4.75. The fourth-order valence-corrected chi connectivity index (χ4v) is 6.45. The van der Waals surface area contributed by atoms with Crippen LogP contribution in [0, 0.1) is 0 Å². The first-order valence-corrected chi connectivity index (χ1v) is 15.0. The number of pyridine rings is 1. The number of rotatable bonds is 5. The number of carbonyl (C=O) groups excluding carboxylic acids is 1. The summed E-state index contributed by atoms with van der Waals surface area (Å²) in [5.41, 5.74) is 3.15. The van der Waals surface area contributed by atoms with E-state index in [4.69, 9.17) is 9.47 Å². The van der Waals surface area contributed by atoms with E-state index in [9.17, 15) is 13.2 Å². The molecule has 1 fully saturated rings. The molecule has 1 saturated heterocycles. The molecular formula is C29H34N4O5S. The van der Waals surface area contributed by atoms with Crippen molar-refractivity contribution in [3.05, 3.63) is 71.9 Å². The topological polar surface area (TPSA) is 112 Å². The van der Waals surface area contributed by atoms with Crippen LogP contribution in [0.3, 0.4) is 0 Å². The monoisotopic (exact) mass is 550 g/mol. The van der Waals surface area contributed by atoms with Crippen LogP contribution in [0.5, 0.6) is 5.75 Å². The number of sulfone groups is 1. The number of benzene rings is 1. The molecule has 1 amide bonds. The third-order valence-corrected chi connectivity index (χ3v) is 8.56. The molecule has 206 valence electrons. The summed E-state index contributed by atoms with van der Waals surface area (Å²) in [7, 11) is -3.40. The summed E-state index contributed by atoms with van der Waals surface area (Å²) < 4.78 is 37.2. The van der Waals surface area contributed by atoms with Crippen LogP contribution in [-0.4, -0.2) is 58.7 Å². The first kappa shape index (κ1) is 27.1. The van der Waals surface area contributed by atoms with E-state index >= 15 is 0 Å². The molecule has 0 saturated carbocycles. The lowest BCUT2D eigenvalue weighted by atomic mass is 9.83. The highest BCUT2D eigenvalue weighted by Crippen LogP contribution is 2.40. The quantitative estimate of drug-likeness (QED) is 0.448. The van der Waals surface area contributed by atoms with Crippen LogP contribution >= 0.6 is 0 Å². The second-order valence-electron chi connectivity index (χ2n) is 11.4. The van der Waals surface area contributed by atoms with Crippen LogP contribution in [0.4, 0.5) is 4.79 Å². The highest BCUT2D eigenvalue weighted by atomic mass is 32.2. The minimum absolute atomic E-state index is 0.109. The van der Waals surface area contributed by atoms with Gasteiger partial charge in [0.15, 0.2) is 9.84 Å². The van der Waals surface area contributed by atoms with Gasteiger partial charge in [-0.3, -0.25) is 15.0 Å². The number of ether oxygens (including phenoxy) is 2. The fraction of sp³-hybridized carbons (Fsp3) is 0.448. The summed E-state index contributed by atoms with van der Waals surface area (Å²) >= 11 is 0. The number of carbonyl (C=O) groups is 1. The van der Waals surface area contributed by atoms with E-state index < -0.39 is 15.4 Å². The Morgan fingerprint density at radius 1 is 1.03 bits per heavy atom. The van der Waals surface area contributed by atoms with Gasteiger partial charge >= 0.3 is 6.09 Å². The van der Waals surface area contributed by atoms with Gasteiger partial charge in [-0.15, -0.1) is 0 Å². The van der Waals surface area contributed by atoms with Crippen molar-refractivity contribution in [1.29, 1.82) is 0 Å². The van der Waals surface area contributed by atoms with Gasteiger partial charge in [0.2, 0.25) is 0 Å². The van der Waals surface area contributed by atoms with Gasteiger partial charge in [0.1, 0.15) is 17.0 Å². The standard InChI is InChI=1S/C29H34N4O5S/c1-28(2,3)38-27(34)33-14-10-29(11-15-33)9-8-23-16-22(5-7-26(23)37-29)25-6-4-21(17-32-25)19-39(35,36)20-24-18-30-12-13-31-24/h4-7,12-13,16-18H,8-11,14-15,19-20H2,1-3H3. The first-order valence-electron chi connectivity index (χ1n) is 13.2. The molecule has 1 spiro atoms. The zero-order valence-corrected chi connectivity index (χ0v) is 23.4. The van der Waals surface area contributed by atoms with Crippen molar-refractivity contribution < 1.29 is 22.7 Å². The van der Waals surface area contributed by atoms with Gasteiger partial charge in [-0.05, 0) is 69.0 Å². The van der Waals surface area contributed by atoms with Gasteiger partial charge in [-0.2, -0.15) is 0 Å². The smallest absolute Gasteiger partial charge is 0.410 e. The molecule has 2 aliphatic heterocycles. The predicted molar refractivity (Wildman–Crippen MR) is 147 cm³/mol. The van der Waals surface area contributed by atoms with Crippen molar-refractivity contribution in [2.75, 3.05) is 13.1 Å². The Labute approximate surface area is 229 Å². The molecule has 5 rings (SSSR count). The zero-order valence-electron chi connectivity index (χ0n) is 22.6. The second-order valence-corrected chi connectivity index (χ2v) is 13.4. The van der Waals surface area contributed by atoms with Crippen molar-refractivity contribution in [2.45, 2.75) is 69.2 Å². The second kappa shape index (κ2) is 10.6. The van der Waals surface area contributed by atoms with Gasteiger partial charge in [-0.1, -0.05) is 6.07 Å². The molecule has 0 bridgehead atoms. The number of fused-ring (bicyclic) bond motifs is 1. The van der Waals surface area contributed by atoms with Crippen LogP contribution in [0.25, 0.3) is 11.3 Å².